The number of pyridine rings is 1. The first kappa shape index (κ1) is 12.8. The van der Waals surface area contributed by atoms with E-state index in [-0.39, 0.29) is 16.1 Å². The molecule has 0 aromatic carbocycles. The lowest BCUT2D eigenvalue weighted by Crippen LogP contribution is -2.46. The number of hydrogen-bond acceptors (Lipinski definition) is 4. The van der Waals surface area contributed by atoms with Gasteiger partial charge >= 0.3 is 0 Å². The van der Waals surface area contributed by atoms with Gasteiger partial charge in [-0.2, -0.15) is 4.31 Å². The molecule has 0 bridgehead atoms. The zero-order valence-corrected chi connectivity index (χ0v) is 10.9. The summed E-state index contributed by atoms with van der Waals surface area (Å²) in [5, 5.41) is 0.277. The molecule has 1 aromatic heterocycles. The third-order valence-electron chi connectivity index (χ3n) is 2.61. The van der Waals surface area contributed by atoms with Gasteiger partial charge in [0.25, 0.3) is 0 Å². The summed E-state index contributed by atoms with van der Waals surface area (Å²) in [5.41, 5.74) is 0. The molecule has 0 saturated carbocycles. The van der Waals surface area contributed by atoms with Gasteiger partial charge in [0, 0.05) is 18.8 Å². The molecular formula is C10H13ClN2O3S. The van der Waals surface area contributed by atoms with Gasteiger partial charge < -0.3 is 4.74 Å². The minimum absolute atomic E-state index is 0.163. The van der Waals surface area contributed by atoms with Crippen molar-refractivity contribution >= 4 is 21.6 Å². The number of sulfonamides is 1. The third kappa shape index (κ3) is 2.60. The van der Waals surface area contributed by atoms with Crippen molar-refractivity contribution in [1.82, 2.24) is 9.29 Å². The quantitative estimate of drug-likeness (QED) is 0.760. The molecule has 7 heteroatoms. The van der Waals surface area contributed by atoms with Crippen LogP contribution in [0.15, 0.2) is 23.2 Å². The molecule has 1 atom stereocenters. The van der Waals surface area contributed by atoms with Crippen molar-refractivity contribution in [3.05, 3.63) is 23.5 Å². The van der Waals surface area contributed by atoms with Gasteiger partial charge in [-0.1, -0.05) is 11.6 Å². The minimum Gasteiger partial charge on any atom is -0.378 e. The monoisotopic (exact) mass is 276 g/mol. The predicted molar refractivity (Wildman–Crippen MR) is 63.4 cm³/mol. The van der Waals surface area contributed by atoms with Crippen LogP contribution < -0.4 is 0 Å². The van der Waals surface area contributed by atoms with Crippen molar-refractivity contribution in [2.45, 2.75) is 17.9 Å². The van der Waals surface area contributed by atoms with Crippen molar-refractivity contribution in [3.8, 4) is 0 Å². The maximum absolute atomic E-state index is 12.3. The normalized spacial score (nSPS) is 22.6. The van der Waals surface area contributed by atoms with Gasteiger partial charge in [0.05, 0.1) is 13.2 Å². The summed E-state index contributed by atoms with van der Waals surface area (Å²) in [6.07, 6.45) is 1.28. The second kappa shape index (κ2) is 4.89. The van der Waals surface area contributed by atoms with Crippen molar-refractivity contribution in [3.63, 3.8) is 0 Å². The number of aromatic nitrogens is 1. The molecule has 2 rings (SSSR count). The molecule has 1 aromatic rings. The van der Waals surface area contributed by atoms with Gasteiger partial charge in [-0.25, -0.2) is 13.4 Å². The summed E-state index contributed by atoms with van der Waals surface area (Å²) < 4.78 is 31.2. The standard InChI is InChI=1S/C10H13ClN2O3S/c1-8-7-16-5-4-13(8)17(14,15)9-2-3-10(11)12-6-9/h2-3,6,8H,4-5,7H2,1H3. The molecule has 1 unspecified atom stereocenters. The molecular weight excluding hydrogens is 264 g/mol. The van der Waals surface area contributed by atoms with Crippen LogP contribution in [0.3, 0.4) is 0 Å². The van der Waals surface area contributed by atoms with Crippen LogP contribution in [0.2, 0.25) is 5.15 Å². The highest BCUT2D eigenvalue weighted by Crippen LogP contribution is 2.20. The fraction of sp³-hybridized carbons (Fsp3) is 0.500. The van der Waals surface area contributed by atoms with Gasteiger partial charge in [-0.15, -0.1) is 0 Å². The molecule has 1 saturated heterocycles. The first-order chi connectivity index (χ1) is 8.01. The molecule has 0 spiro atoms. The number of ether oxygens (including phenoxy) is 1. The number of rotatable bonds is 2. The van der Waals surface area contributed by atoms with Crippen LogP contribution >= 0.6 is 11.6 Å². The topological polar surface area (TPSA) is 59.5 Å². The Kier molecular flexibility index (Phi) is 3.67. The van der Waals surface area contributed by atoms with Crippen LogP contribution in [0.5, 0.6) is 0 Å². The molecule has 2 heterocycles. The highest BCUT2D eigenvalue weighted by molar-refractivity contribution is 7.89. The molecule has 1 fully saturated rings. The molecule has 1 aliphatic heterocycles. The average molecular weight is 277 g/mol. The number of morpholine rings is 1. The SMILES string of the molecule is CC1COCCN1S(=O)(=O)c1ccc(Cl)nc1. The van der Waals surface area contributed by atoms with Crippen LogP contribution in [0.25, 0.3) is 0 Å². The van der Waals surface area contributed by atoms with E-state index in [1.54, 1.807) is 0 Å². The van der Waals surface area contributed by atoms with E-state index >= 15 is 0 Å². The van der Waals surface area contributed by atoms with Gasteiger partial charge in [0.15, 0.2) is 0 Å². The zero-order valence-electron chi connectivity index (χ0n) is 9.34. The Hall–Kier alpha value is -0.690. The first-order valence-electron chi connectivity index (χ1n) is 5.23. The average Bonchev–Trinajstić information content (AvgIpc) is 2.30. The minimum atomic E-state index is -3.50. The fourth-order valence-electron chi connectivity index (χ4n) is 1.72. The lowest BCUT2D eigenvalue weighted by Gasteiger charge is -2.32. The summed E-state index contributed by atoms with van der Waals surface area (Å²) in [7, 11) is -3.50. The van der Waals surface area contributed by atoms with E-state index in [0.717, 1.165) is 0 Å². The second-order valence-electron chi connectivity index (χ2n) is 3.86. The molecule has 5 nitrogen and oxygen atoms in total. The van der Waals surface area contributed by atoms with Crippen molar-refractivity contribution in [2.24, 2.45) is 0 Å². The Morgan fingerprint density at radius 1 is 1.53 bits per heavy atom. The molecule has 0 aliphatic carbocycles. The summed E-state index contributed by atoms with van der Waals surface area (Å²) in [5.74, 6) is 0. The maximum atomic E-state index is 12.3. The summed E-state index contributed by atoms with van der Waals surface area (Å²) in [4.78, 5) is 3.96. The van der Waals surface area contributed by atoms with E-state index in [1.807, 2.05) is 6.92 Å². The maximum Gasteiger partial charge on any atom is 0.245 e. The van der Waals surface area contributed by atoms with E-state index < -0.39 is 10.0 Å². The molecule has 17 heavy (non-hydrogen) atoms. The molecule has 0 N–H and O–H groups in total. The number of halogens is 1. The van der Waals surface area contributed by atoms with Crippen molar-refractivity contribution in [1.29, 1.82) is 0 Å². The van der Waals surface area contributed by atoms with Gasteiger partial charge in [0.2, 0.25) is 10.0 Å². The van der Waals surface area contributed by atoms with E-state index in [1.165, 1.54) is 22.6 Å². The summed E-state index contributed by atoms with van der Waals surface area (Å²) in [6, 6.07) is 2.77. The first-order valence-corrected chi connectivity index (χ1v) is 7.05. The highest BCUT2D eigenvalue weighted by atomic mass is 35.5. The molecule has 0 radical (unpaired) electrons. The number of hydrogen-bond donors (Lipinski definition) is 0. The molecule has 1 aliphatic rings. The summed E-state index contributed by atoms with van der Waals surface area (Å²) >= 11 is 5.64. The van der Waals surface area contributed by atoms with E-state index in [4.69, 9.17) is 16.3 Å². The Labute approximate surface area is 105 Å². The Morgan fingerprint density at radius 2 is 2.29 bits per heavy atom. The fourth-order valence-corrected chi connectivity index (χ4v) is 3.38. The Morgan fingerprint density at radius 3 is 2.88 bits per heavy atom. The van der Waals surface area contributed by atoms with E-state index in [2.05, 4.69) is 4.98 Å². The van der Waals surface area contributed by atoms with Crippen LogP contribution in [0.4, 0.5) is 0 Å². The summed E-state index contributed by atoms with van der Waals surface area (Å²) in [6.45, 7) is 3.02. The lowest BCUT2D eigenvalue weighted by molar-refractivity contribution is 0.0392. The van der Waals surface area contributed by atoms with Gasteiger partial charge in [-0.3, -0.25) is 0 Å². The van der Waals surface area contributed by atoms with Crippen LogP contribution in [0.1, 0.15) is 6.92 Å². The second-order valence-corrected chi connectivity index (χ2v) is 6.13. The van der Waals surface area contributed by atoms with E-state index in [9.17, 15) is 8.42 Å². The van der Waals surface area contributed by atoms with Crippen molar-refractivity contribution in [2.75, 3.05) is 19.8 Å². The lowest BCUT2D eigenvalue weighted by atomic mass is 10.3. The Bertz CT molecular complexity index is 489. The largest absolute Gasteiger partial charge is 0.378 e. The number of nitrogens with zero attached hydrogens (tertiary/aromatic N) is 2. The zero-order chi connectivity index (χ0) is 12.5. The van der Waals surface area contributed by atoms with Gasteiger partial charge in [0.1, 0.15) is 10.0 Å². The Balaban J connectivity index is 2.32. The predicted octanol–water partition coefficient (Wildman–Crippen LogP) is 1.14. The third-order valence-corrected chi connectivity index (χ3v) is 4.83. The molecule has 0 amide bonds. The van der Waals surface area contributed by atoms with Crippen LogP contribution in [-0.2, 0) is 14.8 Å². The van der Waals surface area contributed by atoms with Crippen LogP contribution in [0, 0.1) is 0 Å². The smallest absolute Gasteiger partial charge is 0.245 e. The van der Waals surface area contributed by atoms with Gasteiger partial charge in [-0.05, 0) is 19.1 Å². The van der Waals surface area contributed by atoms with E-state index in [0.29, 0.717) is 19.8 Å². The van der Waals surface area contributed by atoms with Crippen LogP contribution in [-0.4, -0.2) is 43.5 Å². The van der Waals surface area contributed by atoms with Crippen molar-refractivity contribution < 1.29 is 13.2 Å². The molecule has 94 valence electrons. The highest BCUT2D eigenvalue weighted by Gasteiger charge is 2.31.